The molecule has 4 heteroatoms. The molecule has 0 unspecified atom stereocenters. The number of rotatable bonds is 2. The normalized spacial score (nSPS) is 8.43. The van der Waals surface area contributed by atoms with Gasteiger partial charge in [0.05, 0.1) is 6.54 Å². The third-order valence-corrected chi connectivity index (χ3v) is 1.49. The summed E-state index contributed by atoms with van der Waals surface area (Å²) in [4.78, 5) is 0. The van der Waals surface area contributed by atoms with Crippen molar-refractivity contribution in [2.75, 3.05) is 6.54 Å². The standard InChI is InChI=1S/C3H7Cl2NP/c1-2-3-6-7(4)5/h2-3H2,1H3/q+1. The van der Waals surface area contributed by atoms with E-state index in [0.717, 1.165) is 13.0 Å². The predicted molar refractivity (Wildman–Crippen MR) is 36.2 cm³/mol. The molecule has 0 saturated heterocycles. The molecule has 0 aliphatic carbocycles. The highest BCUT2D eigenvalue weighted by Crippen LogP contribution is 2.36. The molecule has 0 aromatic carbocycles. The average Bonchev–Trinajstić information content (AvgIpc) is 1.61. The summed E-state index contributed by atoms with van der Waals surface area (Å²) in [5.74, 6) is 0. The van der Waals surface area contributed by atoms with Crippen LogP contribution in [0.1, 0.15) is 13.3 Å². The molecule has 0 spiro atoms. The van der Waals surface area contributed by atoms with Crippen LogP contribution >= 0.6 is 28.9 Å². The summed E-state index contributed by atoms with van der Waals surface area (Å²) in [6.07, 6.45) is -0.0108. The maximum atomic E-state index is 5.32. The number of nitrogens with zero attached hydrogens (tertiary/aromatic N) is 1. The van der Waals surface area contributed by atoms with Crippen molar-refractivity contribution in [1.82, 2.24) is 0 Å². The highest BCUT2D eigenvalue weighted by Gasteiger charge is 1.98. The number of hydrogen-bond acceptors (Lipinski definition) is 1. The Hall–Kier alpha value is 0.680. The quantitative estimate of drug-likeness (QED) is 0.547. The van der Waals surface area contributed by atoms with Gasteiger partial charge in [-0.05, 0) is 6.42 Å². The second-order valence-electron chi connectivity index (χ2n) is 1.08. The Morgan fingerprint density at radius 3 is 2.29 bits per heavy atom. The third-order valence-electron chi connectivity index (χ3n) is 0.431. The predicted octanol–water partition coefficient (Wildman–Crippen LogP) is 3.37. The molecule has 0 saturated carbocycles. The van der Waals surface area contributed by atoms with Crippen LogP contribution in [0.15, 0.2) is 4.74 Å². The zero-order valence-electron chi connectivity index (χ0n) is 4.06. The van der Waals surface area contributed by atoms with Crippen LogP contribution in [0.4, 0.5) is 0 Å². The van der Waals surface area contributed by atoms with Gasteiger partial charge < -0.3 is 0 Å². The smallest absolute Gasteiger partial charge is 0.0749 e. The monoisotopic (exact) mass is 158 g/mol. The molecule has 42 valence electrons. The maximum absolute atomic E-state index is 5.32. The van der Waals surface area contributed by atoms with Crippen molar-refractivity contribution in [3.05, 3.63) is 0 Å². The minimum absolute atomic E-state index is 0.790. The summed E-state index contributed by atoms with van der Waals surface area (Å²) < 4.78 is 3.84. The van der Waals surface area contributed by atoms with Crippen molar-refractivity contribution in [3.63, 3.8) is 0 Å². The fraction of sp³-hybridized carbons (Fsp3) is 1.00. The molecule has 0 heterocycles. The molecule has 0 atom stereocenters. The Kier molecular flexibility index (Phi) is 5.30. The molecule has 0 N–H and O–H groups in total. The second-order valence-corrected chi connectivity index (χ2v) is 4.23. The van der Waals surface area contributed by atoms with E-state index >= 15 is 0 Å². The number of halogens is 2. The SMILES string of the molecule is CCCN=[P+](Cl)Cl. The fourth-order valence-corrected chi connectivity index (χ4v) is 0.980. The number of hydrogen-bond donors (Lipinski definition) is 0. The van der Waals surface area contributed by atoms with Crippen molar-refractivity contribution in [2.45, 2.75) is 13.3 Å². The van der Waals surface area contributed by atoms with Gasteiger partial charge in [-0.3, -0.25) is 0 Å². The van der Waals surface area contributed by atoms with Crippen LogP contribution < -0.4 is 0 Å². The van der Waals surface area contributed by atoms with E-state index < -0.39 is 6.42 Å². The van der Waals surface area contributed by atoms with Gasteiger partial charge >= 0.3 is 6.42 Å². The van der Waals surface area contributed by atoms with Crippen molar-refractivity contribution in [3.8, 4) is 0 Å². The third kappa shape index (κ3) is 6.68. The Bertz CT molecular complexity index is 69.3. The summed E-state index contributed by atoms with van der Waals surface area (Å²) in [5, 5.41) is 0. The van der Waals surface area contributed by atoms with E-state index in [1.165, 1.54) is 0 Å². The molecule has 0 radical (unpaired) electrons. The van der Waals surface area contributed by atoms with Gasteiger partial charge in [0, 0.05) is 0 Å². The lowest BCUT2D eigenvalue weighted by Crippen LogP contribution is -1.66. The van der Waals surface area contributed by atoms with Gasteiger partial charge in [-0.1, -0.05) is 11.7 Å². The van der Waals surface area contributed by atoms with Crippen molar-refractivity contribution >= 4 is 28.9 Å². The molecule has 0 fully saturated rings. The van der Waals surface area contributed by atoms with Crippen LogP contribution in [-0.2, 0) is 0 Å². The summed E-state index contributed by atoms with van der Waals surface area (Å²) in [6, 6.07) is 0. The van der Waals surface area contributed by atoms with E-state index in [1.807, 2.05) is 6.92 Å². The molecule has 0 bridgehead atoms. The van der Waals surface area contributed by atoms with Gasteiger partial charge in [0.25, 0.3) is 0 Å². The van der Waals surface area contributed by atoms with Gasteiger partial charge in [0.2, 0.25) is 22.5 Å². The Morgan fingerprint density at radius 1 is 1.57 bits per heavy atom. The summed E-state index contributed by atoms with van der Waals surface area (Å²) >= 11 is 10.6. The Labute approximate surface area is 54.1 Å². The van der Waals surface area contributed by atoms with Gasteiger partial charge in [0.15, 0.2) is 0 Å². The highest BCUT2D eigenvalue weighted by molar-refractivity contribution is 7.96. The molecular weight excluding hydrogens is 152 g/mol. The summed E-state index contributed by atoms with van der Waals surface area (Å²) in [7, 11) is 0. The zero-order valence-corrected chi connectivity index (χ0v) is 6.47. The first-order chi connectivity index (χ1) is 3.27. The van der Waals surface area contributed by atoms with E-state index in [2.05, 4.69) is 4.74 Å². The van der Waals surface area contributed by atoms with Crippen LogP contribution in [0.2, 0.25) is 0 Å². The van der Waals surface area contributed by atoms with E-state index in [-0.39, 0.29) is 0 Å². The molecule has 0 aromatic rings. The average molecular weight is 159 g/mol. The first-order valence-corrected chi connectivity index (χ1v) is 5.17. The molecule has 0 rings (SSSR count). The largest absolute Gasteiger partial charge is 0.438 e. The van der Waals surface area contributed by atoms with Gasteiger partial charge in [-0.25, -0.2) is 0 Å². The van der Waals surface area contributed by atoms with Crippen LogP contribution in [0.25, 0.3) is 0 Å². The van der Waals surface area contributed by atoms with Crippen molar-refractivity contribution < 1.29 is 0 Å². The second kappa shape index (κ2) is 4.83. The van der Waals surface area contributed by atoms with Gasteiger partial charge in [-0.15, -0.1) is 0 Å². The lowest BCUT2D eigenvalue weighted by atomic mass is 10.5. The minimum atomic E-state index is -1.04. The summed E-state index contributed by atoms with van der Waals surface area (Å²) in [5.41, 5.74) is 0. The summed E-state index contributed by atoms with van der Waals surface area (Å²) in [6.45, 7) is 2.83. The molecule has 0 aliphatic rings. The molecular formula is C3H7Cl2NP+. The topological polar surface area (TPSA) is 12.4 Å². The minimum Gasteiger partial charge on any atom is -0.0749 e. The van der Waals surface area contributed by atoms with Crippen LogP contribution in [0, 0.1) is 0 Å². The highest BCUT2D eigenvalue weighted by atomic mass is 35.9. The van der Waals surface area contributed by atoms with E-state index in [4.69, 9.17) is 22.5 Å². The molecule has 0 aliphatic heterocycles. The van der Waals surface area contributed by atoms with Gasteiger partial charge in [-0.2, -0.15) is 0 Å². The zero-order chi connectivity index (χ0) is 5.70. The molecule has 1 nitrogen and oxygen atoms in total. The first-order valence-electron chi connectivity index (χ1n) is 2.06. The Balaban J connectivity index is 3.08. The lowest BCUT2D eigenvalue weighted by Gasteiger charge is -1.70. The van der Waals surface area contributed by atoms with E-state index in [1.54, 1.807) is 0 Å². The van der Waals surface area contributed by atoms with Crippen LogP contribution in [0.3, 0.4) is 0 Å². The van der Waals surface area contributed by atoms with Crippen molar-refractivity contribution in [2.24, 2.45) is 4.74 Å². The van der Waals surface area contributed by atoms with Crippen molar-refractivity contribution in [1.29, 1.82) is 0 Å². The first kappa shape index (κ1) is 7.68. The Morgan fingerprint density at radius 2 is 2.14 bits per heavy atom. The van der Waals surface area contributed by atoms with Crippen LogP contribution in [-0.4, -0.2) is 6.54 Å². The lowest BCUT2D eigenvalue weighted by molar-refractivity contribution is 0.945. The molecule has 0 aromatic heterocycles. The molecule has 7 heavy (non-hydrogen) atoms. The fourth-order valence-electron chi connectivity index (χ4n) is 0.176. The maximum Gasteiger partial charge on any atom is 0.438 e. The van der Waals surface area contributed by atoms with E-state index in [0.29, 0.717) is 0 Å². The van der Waals surface area contributed by atoms with E-state index in [9.17, 15) is 0 Å². The van der Waals surface area contributed by atoms with Gasteiger partial charge in [0.1, 0.15) is 0 Å². The van der Waals surface area contributed by atoms with Crippen LogP contribution in [0.5, 0.6) is 0 Å². The molecule has 0 amide bonds.